The number of aromatic nitrogens is 2. The van der Waals surface area contributed by atoms with Crippen molar-refractivity contribution in [1.29, 1.82) is 0 Å². The molecule has 3 aromatic rings. The predicted octanol–water partition coefficient (Wildman–Crippen LogP) is 4.11. The monoisotopic (exact) mass is 507 g/mol. The molecule has 0 bridgehead atoms. The Kier molecular flexibility index (Phi) is 6.30. The summed E-state index contributed by atoms with van der Waals surface area (Å²) in [5, 5.41) is 11.1. The average molecular weight is 508 g/mol. The first kappa shape index (κ1) is 20.8. The van der Waals surface area contributed by atoms with Crippen LogP contribution in [0.2, 0.25) is 0 Å². The number of hydrogen-bond acceptors (Lipinski definition) is 9. The molecule has 2 aromatic heterocycles. The number of halogens is 1. The van der Waals surface area contributed by atoms with E-state index in [-0.39, 0.29) is 17.6 Å². The van der Waals surface area contributed by atoms with Gasteiger partial charge in [-0.25, -0.2) is 4.79 Å². The molecule has 0 saturated heterocycles. The van der Waals surface area contributed by atoms with Crippen LogP contribution in [-0.4, -0.2) is 22.1 Å². The van der Waals surface area contributed by atoms with E-state index < -0.39 is 11.4 Å². The average Bonchev–Trinajstić information content (AvgIpc) is 3.49. The SMILES string of the molecule is O=C(Oc1coc(CSc2nnc(NC(=O)C3CC3)s2)cc1=O)c1ccc(Br)cc1. The van der Waals surface area contributed by atoms with Crippen LogP contribution in [0.5, 0.6) is 5.75 Å². The van der Waals surface area contributed by atoms with Gasteiger partial charge >= 0.3 is 5.97 Å². The van der Waals surface area contributed by atoms with Crippen molar-refractivity contribution >= 4 is 56.0 Å². The van der Waals surface area contributed by atoms with Crippen molar-refractivity contribution < 1.29 is 18.7 Å². The first-order valence-corrected chi connectivity index (χ1v) is 11.4. The first-order chi connectivity index (χ1) is 14.5. The molecule has 8 nitrogen and oxygen atoms in total. The zero-order valence-corrected chi connectivity index (χ0v) is 18.5. The molecule has 0 spiro atoms. The molecule has 0 radical (unpaired) electrons. The second-order valence-electron chi connectivity index (χ2n) is 6.40. The van der Waals surface area contributed by atoms with Crippen LogP contribution in [0.3, 0.4) is 0 Å². The van der Waals surface area contributed by atoms with Gasteiger partial charge in [-0.05, 0) is 37.1 Å². The van der Waals surface area contributed by atoms with E-state index in [2.05, 4.69) is 31.4 Å². The minimum absolute atomic E-state index is 0.0260. The van der Waals surface area contributed by atoms with Crippen LogP contribution in [0.25, 0.3) is 0 Å². The number of anilines is 1. The van der Waals surface area contributed by atoms with Crippen LogP contribution in [0.4, 0.5) is 5.13 Å². The summed E-state index contributed by atoms with van der Waals surface area (Å²) in [5.41, 5.74) is -0.143. The van der Waals surface area contributed by atoms with Gasteiger partial charge in [0.25, 0.3) is 0 Å². The van der Waals surface area contributed by atoms with Gasteiger partial charge in [-0.2, -0.15) is 0 Å². The lowest BCUT2D eigenvalue weighted by atomic mass is 10.2. The lowest BCUT2D eigenvalue weighted by Gasteiger charge is -2.04. The van der Waals surface area contributed by atoms with Crippen LogP contribution in [0.1, 0.15) is 29.0 Å². The quantitative estimate of drug-likeness (QED) is 0.288. The van der Waals surface area contributed by atoms with Crippen molar-refractivity contribution in [2.75, 3.05) is 5.32 Å². The molecule has 0 atom stereocenters. The number of rotatable bonds is 7. The highest BCUT2D eigenvalue weighted by atomic mass is 79.9. The van der Waals surface area contributed by atoms with Gasteiger partial charge in [0.2, 0.25) is 22.2 Å². The topological polar surface area (TPSA) is 111 Å². The minimum atomic E-state index is -0.647. The minimum Gasteiger partial charge on any atom is -0.464 e. The van der Waals surface area contributed by atoms with Crippen molar-refractivity contribution in [1.82, 2.24) is 10.2 Å². The number of nitrogens with zero attached hydrogens (tertiary/aromatic N) is 2. The maximum absolute atomic E-state index is 12.2. The molecular weight excluding hydrogens is 494 g/mol. The Bertz CT molecular complexity index is 1140. The lowest BCUT2D eigenvalue weighted by Crippen LogP contribution is -2.14. The van der Waals surface area contributed by atoms with Crippen molar-refractivity contribution in [2.24, 2.45) is 5.92 Å². The van der Waals surface area contributed by atoms with Crippen LogP contribution in [-0.2, 0) is 10.5 Å². The van der Waals surface area contributed by atoms with Gasteiger partial charge in [0.05, 0.1) is 11.3 Å². The molecule has 1 N–H and O–H groups in total. The van der Waals surface area contributed by atoms with Gasteiger partial charge < -0.3 is 14.5 Å². The Hall–Kier alpha value is -2.50. The van der Waals surface area contributed by atoms with Crippen LogP contribution in [0, 0.1) is 5.92 Å². The highest BCUT2D eigenvalue weighted by Crippen LogP contribution is 2.32. The second-order valence-corrected chi connectivity index (χ2v) is 9.51. The number of amides is 1. The highest BCUT2D eigenvalue weighted by Gasteiger charge is 2.30. The zero-order valence-electron chi connectivity index (χ0n) is 15.3. The van der Waals surface area contributed by atoms with Gasteiger partial charge in [-0.3, -0.25) is 9.59 Å². The second kappa shape index (κ2) is 9.11. The molecule has 1 aliphatic rings. The Morgan fingerprint density at radius 2 is 2.03 bits per heavy atom. The Morgan fingerprint density at radius 1 is 1.27 bits per heavy atom. The molecule has 30 heavy (non-hydrogen) atoms. The fourth-order valence-electron chi connectivity index (χ4n) is 2.34. The number of benzene rings is 1. The van der Waals surface area contributed by atoms with E-state index in [9.17, 15) is 14.4 Å². The summed E-state index contributed by atoms with van der Waals surface area (Å²) in [6.07, 6.45) is 2.95. The number of ether oxygens (including phenoxy) is 1. The van der Waals surface area contributed by atoms with E-state index in [0.717, 1.165) is 23.6 Å². The molecule has 1 fully saturated rings. The number of nitrogens with one attached hydrogen (secondary N) is 1. The molecule has 4 rings (SSSR count). The highest BCUT2D eigenvalue weighted by molar-refractivity contribution is 9.10. The van der Waals surface area contributed by atoms with E-state index in [4.69, 9.17) is 9.15 Å². The molecule has 1 saturated carbocycles. The van der Waals surface area contributed by atoms with Gasteiger partial charge in [-0.15, -0.1) is 10.2 Å². The van der Waals surface area contributed by atoms with Crippen molar-refractivity contribution in [3.05, 3.63) is 62.6 Å². The number of carbonyl (C=O) groups is 2. The van der Waals surface area contributed by atoms with Gasteiger partial charge in [0.15, 0.2) is 4.34 Å². The summed E-state index contributed by atoms with van der Waals surface area (Å²) in [7, 11) is 0. The number of carbonyl (C=O) groups excluding carboxylic acids is 2. The Labute approximate surface area is 187 Å². The molecule has 0 unspecified atom stereocenters. The standard InChI is InChI=1S/C19H14BrN3O5S2/c20-12-5-3-11(4-6-12)17(26)28-15-8-27-13(7-14(15)24)9-29-19-23-22-18(30-19)21-16(25)10-1-2-10/h3-8,10H,1-2,9H2,(H,21,22,25). The molecule has 1 amide bonds. The lowest BCUT2D eigenvalue weighted by molar-refractivity contribution is -0.117. The van der Waals surface area contributed by atoms with Crippen molar-refractivity contribution in [3.63, 3.8) is 0 Å². The Balaban J connectivity index is 1.33. The predicted molar refractivity (Wildman–Crippen MR) is 115 cm³/mol. The van der Waals surface area contributed by atoms with Gasteiger partial charge in [0.1, 0.15) is 12.0 Å². The molecule has 154 valence electrons. The van der Waals surface area contributed by atoms with Crippen LogP contribution >= 0.6 is 39.0 Å². The summed E-state index contributed by atoms with van der Waals surface area (Å²) in [6, 6.07) is 7.85. The number of hydrogen-bond donors (Lipinski definition) is 1. The van der Waals surface area contributed by atoms with E-state index in [1.54, 1.807) is 24.3 Å². The van der Waals surface area contributed by atoms with E-state index in [1.807, 2.05) is 0 Å². The molecule has 1 aliphatic carbocycles. The van der Waals surface area contributed by atoms with E-state index in [1.165, 1.54) is 29.2 Å². The maximum atomic E-state index is 12.2. The third kappa shape index (κ3) is 5.35. The molecule has 0 aliphatic heterocycles. The van der Waals surface area contributed by atoms with Gasteiger partial charge in [0, 0.05) is 16.5 Å². The number of thioether (sulfide) groups is 1. The van der Waals surface area contributed by atoms with Crippen molar-refractivity contribution in [2.45, 2.75) is 22.9 Å². The summed E-state index contributed by atoms with van der Waals surface area (Å²) >= 11 is 5.86. The Morgan fingerprint density at radius 3 is 2.73 bits per heavy atom. The summed E-state index contributed by atoms with van der Waals surface area (Å²) in [5.74, 6) is -0.0319. The van der Waals surface area contributed by atoms with Crippen molar-refractivity contribution in [3.8, 4) is 5.75 Å². The summed E-state index contributed by atoms with van der Waals surface area (Å²) < 4.78 is 12.0. The molecular formula is C19H14BrN3O5S2. The van der Waals surface area contributed by atoms with Crippen LogP contribution < -0.4 is 15.5 Å². The third-order valence-corrected chi connectivity index (χ3v) is 6.58. The molecule has 2 heterocycles. The fourth-order valence-corrected chi connectivity index (χ4v) is 4.25. The van der Waals surface area contributed by atoms with E-state index >= 15 is 0 Å². The van der Waals surface area contributed by atoms with Crippen LogP contribution in [0.15, 0.2) is 54.6 Å². The zero-order chi connectivity index (χ0) is 21.1. The molecule has 1 aromatic carbocycles. The van der Waals surface area contributed by atoms with E-state index in [0.29, 0.717) is 26.5 Å². The smallest absolute Gasteiger partial charge is 0.343 e. The summed E-state index contributed by atoms with van der Waals surface area (Å²) in [6.45, 7) is 0. The maximum Gasteiger partial charge on any atom is 0.343 e. The largest absolute Gasteiger partial charge is 0.464 e. The number of esters is 1. The van der Waals surface area contributed by atoms with Gasteiger partial charge in [-0.1, -0.05) is 39.0 Å². The normalized spacial score (nSPS) is 13.1. The third-order valence-electron chi connectivity index (χ3n) is 4.06. The fraction of sp³-hybridized carbons (Fsp3) is 0.211. The molecule has 11 heteroatoms. The summed E-state index contributed by atoms with van der Waals surface area (Å²) in [4.78, 5) is 36.1. The first-order valence-electron chi connectivity index (χ1n) is 8.84.